The zero-order valence-electron chi connectivity index (χ0n) is 19.8. The average Bonchev–Trinajstić information content (AvgIpc) is 3.15. The molecule has 0 saturated carbocycles. The molecule has 3 aromatic rings. The molecule has 0 N–H and O–H groups in total. The maximum absolute atomic E-state index is 11.6. The predicted molar refractivity (Wildman–Crippen MR) is 126 cm³/mol. The third-order valence-corrected chi connectivity index (χ3v) is 5.72. The molecule has 0 fully saturated rings. The molecule has 0 saturated heterocycles. The van der Waals surface area contributed by atoms with Crippen LogP contribution in [0.3, 0.4) is 0 Å². The van der Waals surface area contributed by atoms with E-state index in [9.17, 15) is 4.79 Å². The normalized spacial score (nSPS) is 10.9. The molecule has 3 rings (SSSR count). The van der Waals surface area contributed by atoms with Gasteiger partial charge in [-0.05, 0) is 87.1 Å². The van der Waals surface area contributed by atoms with E-state index in [1.165, 1.54) is 22.3 Å². The van der Waals surface area contributed by atoms with E-state index in [-0.39, 0.29) is 5.97 Å². The van der Waals surface area contributed by atoms with Gasteiger partial charge < -0.3 is 13.9 Å². The number of benzene rings is 2. The van der Waals surface area contributed by atoms with Gasteiger partial charge in [-0.15, -0.1) is 0 Å². The highest BCUT2D eigenvalue weighted by Gasteiger charge is 2.13. The Labute approximate surface area is 190 Å². The Bertz CT molecular complexity index is 1070. The maximum Gasteiger partial charge on any atom is 0.306 e. The van der Waals surface area contributed by atoms with Crippen molar-refractivity contribution in [2.24, 2.45) is 0 Å². The first-order valence-corrected chi connectivity index (χ1v) is 11.3. The summed E-state index contributed by atoms with van der Waals surface area (Å²) < 4.78 is 16.9. The standard InChI is InChI=1S/C27H33NO4/c1-6-21-17-24(12-10-22(21)11-13-26(29)30-7-2)31-15-14-25-20(5)32-27(28-25)23-9-8-18(3)19(4)16-23/h8-10,12,16-17H,6-7,11,13-15H2,1-5H3. The average molecular weight is 436 g/mol. The summed E-state index contributed by atoms with van der Waals surface area (Å²) in [7, 11) is 0. The molecule has 32 heavy (non-hydrogen) atoms. The lowest BCUT2D eigenvalue weighted by Gasteiger charge is -2.11. The van der Waals surface area contributed by atoms with Crippen molar-refractivity contribution in [3.8, 4) is 17.2 Å². The summed E-state index contributed by atoms with van der Waals surface area (Å²) in [6.07, 6.45) is 2.64. The first-order valence-electron chi connectivity index (χ1n) is 11.3. The van der Waals surface area contributed by atoms with Crippen LogP contribution in [0.15, 0.2) is 40.8 Å². The first kappa shape index (κ1) is 23.6. The number of carbonyl (C=O) groups is 1. The Hall–Kier alpha value is -3.08. The number of aromatic nitrogens is 1. The van der Waals surface area contributed by atoms with E-state index in [4.69, 9.17) is 18.9 Å². The molecule has 0 aliphatic heterocycles. The topological polar surface area (TPSA) is 61.6 Å². The van der Waals surface area contributed by atoms with Crippen LogP contribution in [0.1, 0.15) is 54.0 Å². The minimum Gasteiger partial charge on any atom is -0.493 e. The van der Waals surface area contributed by atoms with Crippen molar-refractivity contribution in [1.29, 1.82) is 0 Å². The number of nitrogens with zero attached hydrogens (tertiary/aromatic N) is 1. The van der Waals surface area contributed by atoms with Crippen LogP contribution in [0, 0.1) is 20.8 Å². The number of esters is 1. The van der Waals surface area contributed by atoms with Gasteiger partial charge in [0.05, 0.1) is 18.9 Å². The van der Waals surface area contributed by atoms with E-state index in [0.29, 0.717) is 38.4 Å². The summed E-state index contributed by atoms with van der Waals surface area (Å²) in [5, 5.41) is 0. The van der Waals surface area contributed by atoms with Crippen molar-refractivity contribution in [3.63, 3.8) is 0 Å². The quantitative estimate of drug-likeness (QED) is 0.369. The Kier molecular flexibility index (Phi) is 8.09. The van der Waals surface area contributed by atoms with Crippen LogP contribution in [0.4, 0.5) is 0 Å². The van der Waals surface area contributed by atoms with Gasteiger partial charge in [0.2, 0.25) is 5.89 Å². The fourth-order valence-electron chi connectivity index (χ4n) is 3.66. The van der Waals surface area contributed by atoms with Crippen molar-refractivity contribution in [3.05, 3.63) is 70.1 Å². The molecule has 1 heterocycles. The van der Waals surface area contributed by atoms with Crippen molar-refractivity contribution in [1.82, 2.24) is 4.98 Å². The molecule has 5 heteroatoms. The molecule has 0 unspecified atom stereocenters. The van der Waals surface area contributed by atoms with Crippen molar-refractivity contribution in [2.45, 2.75) is 60.3 Å². The lowest BCUT2D eigenvalue weighted by Crippen LogP contribution is -2.07. The summed E-state index contributed by atoms with van der Waals surface area (Å²) in [6, 6.07) is 12.3. The number of ether oxygens (including phenoxy) is 2. The van der Waals surface area contributed by atoms with E-state index in [0.717, 1.165) is 29.2 Å². The predicted octanol–water partition coefficient (Wildman–Crippen LogP) is 5.95. The smallest absolute Gasteiger partial charge is 0.306 e. The summed E-state index contributed by atoms with van der Waals surface area (Å²) in [6.45, 7) is 11.0. The van der Waals surface area contributed by atoms with Gasteiger partial charge in [0.25, 0.3) is 0 Å². The van der Waals surface area contributed by atoms with Crippen molar-refractivity contribution < 1.29 is 18.7 Å². The Morgan fingerprint density at radius 2 is 1.78 bits per heavy atom. The van der Waals surface area contributed by atoms with E-state index < -0.39 is 0 Å². The van der Waals surface area contributed by atoms with Gasteiger partial charge in [-0.1, -0.05) is 19.1 Å². The molecule has 1 aromatic heterocycles. The van der Waals surface area contributed by atoms with Gasteiger partial charge in [0, 0.05) is 18.4 Å². The molecule has 0 amide bonds. The number of carbonyl (C=O) groups excluding carboxylic acids is 1. The molecular weight excluding hydrogens is 402 g/mol. The fourth-order valence-corrected chi connectivity index (χ4v) is 3.66. The fraction of sp³-hybridized carbons (Fsp3) is 0.407. The van der Waals surface area contributed by atoms with Crippen LogP contribution < -0.4 is 4.74 Å². The molecule has 0 radical (unpaired) electrons. The molecule has 2 aromatic carbocycles. The van der Waals surface area contributed by atoms with Gasteiger partial charge in [-0.3, -0.25) is 4.79 Å². The summed E-state index contributed by atoms with van der Waals surface area (Å²) in [5.41, 5.74) is 6.75. The summed E-state index contributed by atoms with van der Waals surface area (Å²) >= 11 is 0. The minimum atomic E-state index is -0.155. The molecule has 0 aliphatic rings. The molecule has 0 bridgehead atoms. The molecule has 0 aliphatic carbocycles. The largest absolute Gasteiger partial charge is 0.493 e. The zero-order valence-corrected chi connectivity index (χ0v) is 19.8. The van der Waals surface area contributed by atoms with Crippen LogP contribution in [-0.2, 0) is 28.8 Å². The molecular formula is C27H33NO4. The summed E-state index contributed by atoms with van der Waals surface area (Å²) in [4.78, 5) is 16.3. The lowest BCUT2D eigenvalue weighted by molar-refractivity contribution is -0.143. The SMILES string of the molecule is CCOC(=O)CCc1ccc(OCCc2nc(-c3ccc(C)c(C)c3)oc2C)cc1CC. The van der Waals surface area contributed by atoms with Gasteiger partial charge in [0.15, 0.2) is 0 Å². The van der Waals surface area contributed by atoms with Crippen LogP contribution in [0.25, 0.3) is 11.5 Å². The van der Waals surface area contributed by atoms with Gasteiger partial charge in [0.1, 0.15) is 11.5 Å². The number of hydrogen-bond donors (Lipinski definition) is 0. The van der Waals surface area contributed by atoms with E-state index in [1.54, 1.807) is 0 Å². The lowest BCUT2D eigenvalue weighted by atomic mass is 10.0. The molecule has 0 spiro atoms. The Morgan fingerprint density at radius 1 is 0.969 bits per heavy atom. The summed E-state index contributed by atoms with van der Waals surface area (Å²) in [5.74, 6) is 2.15. The Morgan fingerprint density at radius 3 is 2.50 bits per heavy atom. The Balaban J connectivity index is 1.59. The number of aryl methyl sites for hydroxylation is 5. The molecule has 170 valence electrons. The first-order chi connectivity index (χ1) is 15.4. The van der Waals surface area contributed by atoms with Crippen LogP contribution >= 0.6 is 0 Å². The highest BCUT2D eigenvalue weighted by Crippen LogP contribution is 2.25. The second-order valence-electron chi connectivity index (χ2n) is 8.01. The van der Waals surface area contributed by atoms with E-state index in [2.05, 4.69) is 39.0 Å². The molecule has 5 nitrogen and oxygen atoms in total. The van der Waals surface area contributed by atoms with E-state index >= 15 is 0 Å². The van der Waals surface area contributed by atoms with E-state index in [1.807, 2.05) is 32.0 Å². The zero-order chi connectivity index (χ0) is 23.1. The number of hydrogen-bond acceptors (Lipinski definition) is 5. The third kappa shape index (κ3) is 6.00. The van der Waals surface area contributed by atoms with Crippen LogP contribution in [0.5, 0.6) is 5.75 Å². The molecule has 0 atom stereocenters. The van der Waals surface area contributed by atoms with Crippen molar-refractivity contribution in [2.75, 3.05) is 13.2 Å². The minimum absolute atomic E-state index is 0.155. The highest BCUT2D eigenvalue weighted by molar-refractivity contribution is 5.69. The van der Waals surface area contributed by atoms with Crippen LogP contribution in [-0.4, -0.2) is 24.2 Å². The van der Waals surface area contributed by atoms with Crippen LogP contribution in [0.2, 0.25) is 0 Å². The second-order valence-corrected chi connectivity index (χ2v) is 8.01. The highest BCUT2D eigenvalue weighted by atomic mass is 16.5. The number of rotatable bonds is 10. The van der Waals surface area contributed by atoms with Gasteiger partial charge in [-0.2, -0.15) is 0 Å². The third-order valence-electron chi connectivity index (χ3n) is 5.72. The second kappa shape index (κ2) is 11.0. The van der Waals surface area contributed by atoms with Gasteiger partial charge >= 0.3 is 5.97 Å². The van der Waals surface area contributed by atoms with Gasteiger partial charge in [-0.25, -0.2) is 4.98 Å². The van der Waals surface area contributed by atoms with Crippen molar-refractivity contribution >= 4 is 5.97 Å². The number of oxazole rings is 1. The monoisotopic (exact) mass is 435 g/mol. The maximum atomic E-state index is 11.6.